The summed E-state index contributed by atoms with van der Waals surface area (Å²) in [4.78, 5) is 4.31. The lowest BCUT2D eigenvalue weighted by molar-refractivity contribution is 0.509. The Hall–Kier alpha value is -1.33. The number of rotatable bonds is 4. The molecule has 0 spiro atoms. The van der Waals surface area contributed by atoms with E-state index in [2.05, 4.69) is 10.3 Å². The highest BCUT2D eigenvalue weighted by molar-refractivity contribution is 7.09. The molecule has 1 N–H and O–H groups in total. The molecule has 0 amide bonds. The average molecular weight is 268 g/mol. The molecular weight excluding hydrogens is 254 g/mol. The molecule has 96 valence electrons. The first kappa shape index (κ1) is 13.1. The maximum atomic E-state index is 13.8. The maximum Gasteiger partial charge on any atom is 0.131 e. The van der Waals surface area contributed by atoms with Crippen LogP contribution in [0.15, 0.2) is 23.6 Å². The fourth-order valence-corrected chi connectivity index (χ4v) is 2.69. The van der Waals surface area contributed by atoms with Crippen LogP contribution in [0.3, 0.4) is 0 Å². The Morgan fingerprint density at radius 3 is 2.50 bits per heavy atom. The van der Waals surface area contributed by atoms with Crippen LogP contribution in [-0.2, 0) is 0 Å². The van der Waals surface area contributed by atoms with Crippen molar-refractivity contribution < 1.29 is 8.78 Å². The molecule has 0 aliphatic heterocycles. The van der Waals surface area contributed by atoms with Crippen LogP contribution in [0, 0.1) is 18.6 Å². The zero-order chi connectivity index (χ0) is 13.1. The first-order chi connectivity index (χ1) is 8.63. The highest BCUT2D eigenvalue weighted by Crippen LogP contribution is 2.28. The molecule has 18 heavy (non-hydrogen) atoms. The number of halogens is 2. The highest BCUT2D eigenvalue weighted by atomic mass is 32.1. The Kier molecular flexibility index (Phi) is 4.04. The number of thiazole rings is 1. The molecular formula is C13H14F2N2S. The van der Waals surface area contributed by atoms with E-state index in [1.807, 2.05) is 19.2 Å². The van der Waals surface area contributed by atoms with Gasteiger partial charge in [-0.25, -0.2) is 13.8 Å². The van der Waals surface area contributed by atoms with Crippen LogP contribution in [0.4, 0.5) is 8.78 Å². The summed E-state index contributed by atoms with van der Waals surface area (Å²) in [6.07, 6.45) is 0. The first-order valence-corrected chi connectivity index (χ1v) is 6.60. The largest absolute Gasteiger partial charge is 0.304 e. The second-order valence-corrected chi connectivity index (χ2v) is 4.84. The van der Waals surface area contributed by atoms with Crippen molar-refractivity contribution in [3.05, 3.63) is 51.5 Å². The van der Waals surface area contributed by atoms with E-state index in [1.54, 1.807) is 0 Å². The summed E-state index contributed by atoms with van der Waals surface area (Å²) < 4.78 is 27.6. The van der Waals surface area contributed by atoms with Gasteiger partial charge in [0.25, 0.3) is 0 Å². The number of hydrogen-bond donors (Lipinski definition) is 1. The van der Waals surface area contributed by atoms with Crippen LogP contribution in [-0.4, -0.2) is 11.5 Å². The van der Waals surface area contributed by atoms with E-state index in [9.17, 15) is 8.78 Å². The molecule has 2 aromatic rings. The lowest BCUT2D eigenvalue weighted by Gasteiger charge is -2.17. The van der Waals surface area contributed by atoms with Crippen molar-refractivity contribution in [1.29, 1.82) is 0 Å². The third-order valence-corrected chi connectivity index (χ3v) is 3.61. The molecule has 1 unspecified atom stereocenters. The Morgan fingerprint density at radius 2 is 2.00 bits per heavy atom. The summed E-state index contributed by atoms with van der Waals surface area (Å²) >= 11 is 1.40. The standard InChI is InChI=1S/C13H14F2N2S/c1-3-16-12(13-17-8(2)7-18-13)11-9(14)5-4-6-10(11)15/h4-7,12,16H,3H2,1-2H3. The number of hydrogen-bond acceptors (Lipinski definition) is 3. The van der Waals surface area contributed by atoms with Gasteiger partial charge in [0.15, 0.2) is 0 Å². The summed E-state index contributed by atoms with van der Waals surface area (Å²) in [7, 11) is 0. The first-order valence-electron chi connectivity index (χ1n) is 5.72. The van der Waals surface area contributed by atoms with Crippen LogP contribution in [0.1, 0.15) is 29.2 Å². The van der Waals surface area contributed by atoms with E-state index in [0.717, 1.165) is 5.69 Å². The fraction of sp³-hybridized carbons (Fsp3) is 0.308. The predicted octanol–water partition coefficient (Wildman–Crippen LogP) is 3.43. The van der Waals surface area contributed by atoms with E-state index in [1.165, 1.54) is 29.5 Å². The molecule has 0 fully saturated rings. The van der Waals surface area contributed by atoms with E-state index in [-0.39, 0.29) is 5.56 Å². The highest BCUT2D eigenvalue weighted by Gasteiger charge is 2.23. The van der Waals surface area contributed by atoms with E-state index < -0.39 is 17.7 Å². The lowest BCUT2D eigenvalue weighted by Crippen LogP contribution is -2.24. The molecule has 5 heteroatoms. The van der Waals surface area contributed by atoms with Gasteiger partial charge < -0.3 is 5.32 Å². The molecule has 0 bridgehead atoms. The third-order valence-electron chi connectivity index (χ3n) is 2.58. The number of aryl methyl sites for hydroxylation is 1. The topological polar surface area (TPSA) is 24.9 Å². The third kappa shape index (κ3) is 2.57. The van der Waals surface area contributed by atoms with Crippen LogP contribution in [0.25, 0.3) is 0 Å². The van der Waals surface area contributed by atoms with Crippen molar-refractivity contribution >= 4 is 11.3 Å². The summed E-state index contributed by atoms with van der Waals surface area (Å²) in [5, 5.41) is 5.63. The average Bonchev–Trinajstić information content (AvgIpc) is 2.74. The summed E-state index contributed by atoms with van der Waals surface area (Å²) in [6, 6.07) is 3.37. The van der Waals surface area contributed by atoms with Crippen molar-refractivity contribution in [2.45, 2.75) is 19.9 Å². The van der Waals surface area contributed by atoms with Gasteiger partial charge in [0.05, 0.1) is 6.04 Å². The molecule has 0 aliphatic carbocycles. The molecule has 0 saturated carbocycles. The van der Waals surface area contributed by atoms with Gasteiger partial charge >= 0.3 is 0 Å². The van der Waals surface area contributed by atoms with Gasteiger partial charge in [-0.15, -0.1) is 11.3 Å². The van der Waals surface area contributed by atoms with Crippen molar-refractivity contribution in [2.24, 2.45) is 0 Å². The van der Waals surface area contributed by atoms with Crippen LogP contribution >= 0.6 is 11.3 Å². The molecule has 1 aromatic heterocycles. The maximum absolute atomic E-state index is 13.8. The monoisotopic (exact) mass is 268 g/mol. The van der Waals surface area contributed by atoms with Crippen LogP contribution < -0.4 is 5.32 Å². The van der Waals surface area contributed by atoms with Gasteiger partial charge in [0.1, 0.15) is 16.6 Å². The molecule has 0 saturated heterocycles. The molecule has 0 aliphatic rings. The normalized spacial score (nSPS) is 12.7. The molecule has 2 nitrogen and oxygen atoms in total. The van der Waals surface area contributed by atoms with Crippen molar-refractivity contribution in [1.82, 2.24) is 10.3 Å². The van der Waals surface area contributed by atoms with Gasteiger partial charge in [-0.3, -0.25) is 0 Å². The van der Waals surface area contributed by atoms with Crippen molar-refractivity contribution in [3.63, 3.8) is 0 Å². The van der Waals surface area contributed by atoms with E-state index >= 15 is 0 Å². The van der Waals surface area contributed by atoms with Crippen LogP contribution in [0.5, 0.6) is 0 Å². The summed E-state index contributed by atoms with van der Waals surface area (Å²) in [5.74, 6) is -1.09. The zero-order valence-corrected chi connectivity index (χ0v) is 11.0. The van der Waals surface area contributed by atoms with Gasteiger partial charge in [-0.05, 0) is 25.6 Å². The minimum atomic E-state index is -0.547. The Balaban J connectivity index is 2.47. The summed E-state index contributed by atoms with van der Waals surface area (Å²) in [5.41, 5.74) is 0.892. The van der Waals surface area contributed by atoms with Gasteiger partial charge in [0.2, 0.25) is 0 Å². The molecule has 1 aromatic carbocycles. The predicted molar refractivity (Wildman–Crippen MR) is 68.7 cm³/mol. The second kappa shape index (κ2) is 5.54. The summed E-state index contributed by atoms with van der Waals surface area (Å²) in [6.45, 7) is 4.37. The molecule has 0 radical (unpaired) electrons. The molecule has 1 heterocycles. The van der Waals surface area contributed by atoms with Gasteiger partial charge in [0, 0.05) is 16.6 Å². The Morgan fingerprint density at radius 1 is 1.33 bits per heavy atom. The SMILES string of the molecule is CCNC(c1nc(C)cs1)c1c(F)cccc1F. The van der Waals surface area contributed by atoms with Crippen molar-refractivity contribution in [3.8, 4) is 0 Å². The van der Waals surface area contributed by atoms with Gasteiger partial charge in [-0.2, -0.15) is 0 Å². The number of aromatic nitrogens is 1. The van der Waals surface area contributed by atoms with Gasteiger partial charge in [-0.1, -0.05) is 13.0 Å². The van der Waals surface area contributed by atoms with E-state index in [0.29, 0.717) is 11.6 Å². The van der Waals surface area contributed by atoms with Crippen molar-refractivity contribution in [2.75, 3.05) is 6.54 Å². The number of benzene rings is 1. The zero-order valence-electron chi connectivity index (χ0n) is 10.2. The molecule has 2 rings (SSSR count). The van der Waals surface area contributed by atoms with Crippen LogP contribution in [0.2, 0.25) is 0 Å². The quantitative estimate of drug-likeness (QED) is 0.919. The minimum Gasteiger partial charge on any atom is -0.304 e. The Bertz CT molecular complexity index is 519. The minimum absolute atomic E-state index is 0.0358. The molecule has 1 atom stereocenters. The number of nitrogens with zero attached hydrogens (tertiary/aromatic N) is 1. The number of nitrogens with one attached hydrogen (secondary N) is 1. The second-order valence-electron chi connectivity index (χ2n) is 3.95. The fourth-order valence-electron chi connectivity index (χ4n) is 1.81. The van der Waals surface area contributed by atoms with E-state index in [4.69, 9.17) is 0 Å². The lowest BCUT2D eigenvalue weighted by atomic mass is 10.1. The Labute approximate surface area is 109 Å². The smallest absolute Gasteiger partial charge is 0.131 e.